The van der Waals surface area contributed by atoms with E-state index in [0.29, 0.717) is 5.56 Å². The molecule has 0 amide bonds. The molecule has 118 valence electrons. The Morgan fingerprint density at radius 3 is 2.64 bits per heavy atom. The fraction of sp³-hybridized carbons (Fsp3) is 0.500. The molecule has 0 spiro atoms. The van der Waals surface area contributed by atoms with Crippen molar-refractivity contribution in [3.63, 3.8) is 0 Å². The Labute approximate surface area is 130 Å². The Morgan fingerprint density at radius 2 is 1.95 bits per heavy atom. The summed E-state index contributed by atoms with van der Waals surface area (Å²) >= 11 is 0. The molecule has 2 aromatic rings. The fourth-order valence-corrected chi connectivity index (χ4v) is 2.83. The quantitative estimate of drug-likeness (QED) is 0.795. The van der Waals surface area contributed by atoms with Crippen molar-refractivity contribution in [2.24, 2.45) is 7.05 Å². The highest BCUT2D eigenvalue weighted by molar-refractivity contribution is 5.93. The molecule has 0 aliphatic carbocycles. The number of piperazine rings is 1. The number of imidazole rings is 1. The third kappa shape index (κ3) is 2.84. The van der Waals surface area contributed by atoms with Gasteiger partial charge in [-0.15, -0.1) is 0 Å². The summed E-state index contributed by atoms with van der Waals surface area (Å²) < 4.78 is 6.85. The van der Waals surface area contributed by atoms with Gasteiger partial charge in [0, 0.05) is 33.2 Å². The van der Waals surface area contributed by atoms with Gasteiger partial charge in [0.1, 0.15) is 5.82 Å². The molecule has 1 saturated heterocycles. The number of fused-ring (bicyclic) bond motifs is 1. The lowest BCUT2D eigenvalue weighted by Crippen LogP contribution is -2.44. The lowest BCUT2D eigenvalue weighted by Gasteiger charge is -2.31. The number of nitrogens with zero attached hydrogens (tertiary/aromatic N) is 4. The van der Waals surface area contributed by atoms with Crippen molar-refractivity contribution in [3.8, 4) is 0 Å². The average molecular weight is 302 g/mol. The largest absolute Gasteiger partial charge is 0.465 e. The highest BCUT2D eigenvalue weighted by Gasteiger charge is 2.17. The summed E-state index contributed by atoms with van der Waals surface area (Å²) in [6.45, 7) is 5.15. The summed E-state index contributed by atoms with van der Waals surface area (Å²) in [5.41, 5.74) is 2.44. The molecule has 22 heavy (non-hydrogen) atoms. The SMILES string of the molecule is COC(=O)c1ccc2nc(CN3CCN(C)CC3)n(C)c2c1. The smallest absolute Gasteiger partial charge is 0.337 e. The van der Waals surface area contributed by atoms with E-state index in [4.69, 9.17) is 9.72 Å². The molecule has 1 aliphatic heterocycles. The number of rotatable bonds is 3. The summed E-state index contributed by atoms with van der Waals surface area (Å²) in [7, 11) is 5.55. The van der Waals surface area contributed by atoms with E-state index < -0.39 is 0 Å². The van der Waals surface area contributed by atoms with E-state index in [9.17, 15) is 4.79 Å². The van der Waals surface area contributed by atoms with Gasteiger partial charge in [-0.05, 0) is 25.2 Å². The van der Waals surface area contributed by atoms with Gasteiger partial charge >= 0.3 is 5.97 Å². The minimum atomic E-state index is -0.316. The number of hydrogen-bond donors (Lipinski definition) is 0. The van der Waals surface area contributed by atoms with E-state index >= 15 is 0 Å². The second-order valence-corrected chi connectivity index (χ2v) is 5.86. The van der Waals surface area contributed by atoms with Gasteiger partial charge in [-0.1, -0.05) is 0 Å². The number of ether oxygens (including phenoxy) is 1. The molecule has 6 heteroatoms. The molecular weight excluding hydrogens is 280 g/mol. The van der Waals surface area contributed by atoms with Crippen LogP contribution in [0.4, 0.5) is 0 Å². The molecule has 1 fully saturated rings. The highest BCUT2D eigenvalue weighted by atomic mass is 16.5. The van der Waals surface area contributed by atoms with Crippen LogP contribution in [0.3, 0.4) is 0 Å². The summed E-state index contributed by atoms with van der Waals surface area (Å²) in [5, 5.41) is 0. The predicted octanol–water partition coefficient (Wildman–Crippen LogP) is 1.11. The third-order valence-electron chi connectivity index (χ3n) is 4.36. The van der Waals surface area contributed by atoms with Crippen LogP contribution in [0.1, 0.15) is 16.2 Å². The van der Waals surface area contributed by atoms with E-state index in [1.807, 2.05) is 19.2 Å². The number of likely N-dealkylation sites (N-methyl/N-ethyl adjacent to an activating group) is 1. The number of benzene rings is 1. The first kappa shape index (κ1) is 15.0. The van der Waals surface area contributed by atoms with Crippen LogP contribution in [0.2, 0.25) is 0 Å². The summed E-state index contributed by atoms with van der Waals surface area (Å²) in [4.78, 5) is 21.1. The molecule has 0 atom stereocenters. The van der Waals surface area contributed by atoms with Gasteiger partial charge in [0.15, 0.2) is 0 Å². The zero-order chi connectivity index (χ0) is 15.7. The molecule has 3 rings (SSSR count). The minimum absolute atomic E-state index is 0.316. The van der Waals surface area contributed by atoms with Crippen LogP contribution in [0.25, 0.3) is 11.0 Å². The van der Waals surface area contributed by atoms with Crippen LogP contribution < -0.4 is 0 Å². The van der Waals surface area contributed by atoms with Gasteiger partial charge in [-0.2, -0.15) is 0 Å². The predicted molar refractivity (Wildman–Crippen MR) is 84.8 cm³/mol. The molecule has 0 radical (unpaired) electrons. The molecule has 1 aromatic heterocycles. The second-order valence-electron chi connectivity index (χ2n) is 5.86. The molecule has 0 saturated carbocycles. The zero-order valence-electron chi connectivity index (χ0n) is 13.4. The van der Waals surface area contributed by atoms with E-state index in [0.717, 1.165) is 49.6 Å². The zero-order valence-corrected chi connectivity index (χ0v) is 13.4. The van der Waals surface area contributed by atoms with Crippen molar-refractivity contribution in [3.05, 3.63) is 29.6 Å². The molecular formula is C16H22N4O2. The van der Waals surface area contributed by atoms with E-state index in [2.05, 4.69) is 21.4 Å². The lowest BCUT2D eigenvalue weighted by atomic mass is 10.2. The summed E-state index contributed by atoms with van der Waals surface area (Å²) in [6.07, 6.45) is 0. The second kappa shape index (κ2) is 6.06. The van der Waals surface area contributed by atoms with Gasteiger partial charge < -0.3 is 14.2 Å². The number of carbonyl (C=O) groups excluding carboxylic acids is 1. The number of esters is 1. The average Bonchev–Trinajstić information content (AvgIpc) is 2.84. The van der Waals surface area contributed by atoms with E-state index in [1.165, 1.54) is 7.11 Å². The van der Waals surface area contributed by atoms with Crippen molar-refractivity contribution >= 4 is 17.0 Å². The Hall–Kier alpha value is -1.92. The maximum atomic E-state index is 11.7. The van der Waals surface area contributed by atoms with Gasteiger partial charge in [-0.3, -0.25) is 4.90 Å². The molecule has 6 nitrogen and oxygen atoms in total. The van der Waals surface area contributed by atoms with E-state index in [1.54, 1.807) is 6.07 Å². The normalized spacial score (nSPS) is 17.0. The van der Waals surface area contributed by atoms with Crippen molar-refractivity contribution in [2.45, 2.75) is 6.54 Å². The summed E-state index contributed by atoms with van der Waals surface area (Å²) in [6, 6.07) is 5.50. The summed E-state index contributed by atoms with van der Waals surface area (Å²) in [5.74, 6) is 0.713. The van der Waals surface area contributed by atoms with Crippen molar-refractivity contribution < 1.29 is 9.53 Å². The maximum absolute atomic E-state index is 11.7. The Morgan fingerprint density at radius 1 is 1.23 bits per heavy atom. The first-order chi connectivity index (χ1) is 10.6. The van der Waals surface area contributed by atoms with Crippen LogP contribution in [0, 0.1) is 0 Å². The molecule has 0 N–H and O–H groups in total. The standard InChI is InChI=1S/C16H22N4O2/c1-18-6-8-20(9-7-18)11-15-17-13-5-4-12(16(21)22-3)10-14(13)19(15)2/h4-5,10H,6-9,11H2,1-3H3. The number of carbonyl (C=O) groups is 1. The third-order valence-corrected chi connectivity index (χ3v) is 4.36. The van der Waals surface area contributed by atoms with Crippen LogP contribution in [0.5, 0.6) is 0 Å². The van der Waals surface area contributed by atoms with E-state index in [-0.39, 0.29) is 5.97 Å². The van der Waals surface area contributed by atoms with Crippen LogP contribution in [-0.2, 0) is 18.3 Å². The molecule has 0 unspecified atom stereocenters. The van der Waals surface area contributed by atoms with Crippen molar-refractivity contribution in [2.75, 3.05) is 40.3 Å². The fourth-order valence-electron chi connectivity index (χ4n) is 2.83. The molecule has 1 aliphatic rings. The van der Waals surface area contributed by atoms with Crippen molar-refractivity contribution in [1.29, 1.82) is 0 Å². The Kier molecular flexibility index (Phi) is 4.13. The van der Waals surface area contributed by atoms with Gasteiger partial charge in [0.05, 0.1) is 30.3 Å². The number of aryl methyl sites for hydroxylation is 1. The molecule has 2 heterocycles. The molecule has 0 bridgehead atoms. The maximum Gasteiger partial charge on any atom is 0.337 e. The molecule has 1 aromatic carbocycles. The lowest BCUT2D eigenvalue weighted by molar-refractivity contribution is 0.0601. The van der Waals surface area contributed by atoms with Crippen molar-refractivity contribution in [1.82, 2.24) is 19.4 Å². The Bertz CT molecular complexity index is 687. The van der Waals surface area contributed by atoms with Gasteiger partial charge in [-0.25, -0.2) is 9.78 Å². The van der Waals surface area contributed by atoms with Crippen LogP contribution in [-0.4, -0.2) is 65.7 Å². The monoisotopic (exact) mass is 302 g/mol. The van der Waals surface area contributed by atoms with Crippen LogP contribution >= 0.6 is 0 Å². The number of methoxy groups -OCH3 is 1. The highest BCUT2D eigenvalue weighted by Crippen LogP contribution is 2.19. The Balaban J connectivity index is 1.85. The number of hydrogen-bond acceptors (Lipinski definition) is 5. The topological polar surface area (TPSA) is 50.6 Å². The number of aromatic nitrogens is 2. The minimum Gasteiger partial charge on any atom is -0.465 e. The van der Waals surface area contributed by atoms with Gasteiger partial charge in [0.25, 0.3) is 0 Å². The first-order valence-corrected chi connectivity index (χ1v) is 7.53. The van der Waals surface area contributed by atoms with Gasteiger partial charge in [0.2, 0.25) is 0 Å². The first-order valence-electron chi connectivity index (χ1n) is 7.53. The van der Waals surface area contributed by atoms with Crippen LogP contribution in [0.15, 0.2) is 18.2 Å².